The third-order valence-corrected chi connectivity index (χ3v) is 7.65. The van der Waals surface area contributed by atoms with Crippen LogP contribution in [0.15, 0.2) is 46.1 Å². The van der Waals surface area contributed by atoms with Gasteiger partial charge in [-0.3, -0.25) is 14.3 Å². The molecule has 1 aliphatic rings. The third-order valence-electron chi connectivity index (χ3n) is 5.95. The lowest BCUT2D eigenvalue weighted by Crippen LogP contribution is -2.47. The summed E-state index contributed by atoms with van der Waals surface area (Å²) in [5.41, 5.74) is -0.185. The van der Waals surface area contributed by atoms with Crippen LogP contribution in [0, 0.1) is 0 Å². The van der Waals surface area contributed by atoms with E-state index in [1.807, 2.05) is 4.90 Å². The smallest absolute Gasteiger partial charge is 0.422 e. The van der Waals surface area contributed by atoms with Crippen LogP contribution < -0.4 is 25.7 Å². The van der Waals surface area contributed by atoms with Gasteiger partial charge in [0.25, 0.3) is 5.56 Å². The second-order valence-corrected chi connectivity index (χ2v) is 15.7. The number of alkyl halides is 3. The van der Waals surface area contributed by atoms with Crippen molar-refractivity contribution in [3.8, 4) is 5.75 Å². The van der Waals surface area contributed by atoms with Crippen molar-refractivity contribution < 1.29 is 22.7 Å². The Labute approximate surface area is 209 Å². The number of ether oxygens (including phenoxy) is 1. The summed E-state index contributed by atoms with van der Waals surface area (Å²) in [5.74, 6) is 0.218. The SMILES string of the molecule is C[Si](C)(C)CCOn1ccc(=O)n(CCCN2CCN(c3ccccc3OCC(F)(F)F)CC2)c1=O. The molecule has 8 nitrogen and oxygen atoms in total. The molecular formula is C24H35F3N4O4Si. The van der Waals surface area contributed by atoms with Gasteiger partial charge >= 0.3 is 11.9 Å². The number of anilines is 1. The summed E-state index contributed by atoms with van der Waals surface area (Å²) in [6.45, 7) is 9.44. The number of para-hydroxylation sites is 2. The van der Waals surface area contributed by atoms with E-state index in [-0.39, 0.29) is 17.9 Å². The van der Waals surface area contributed by atoms with E-state index in [1.54, 1.807) is 24.3 Å². The second kappa shape index (κ2) is 12.0. The molecule has 0 amide bonds. The largest absolute Gasteiger partial charge is 0.482 e. The van der Waals surface area contributed by atoms with Crippen molar-refractivity contribution in [1.82, 2.24) is 14.2 Å². The van der Waals surface area contributed by atoms with Gasteiger partial charge in [-0.1, -0.05) is 31.8 Å². The zero-order valence-electron chi connectivity index (χ0n) is 21.1. The van der Waals surface area contributed by atoms with Crippen molar-refractivity contribution >= 4 is 13.8 Å². The molecule has 36 heavy (non-hydrogen) atoms. The number of aromatic nitrogens is 2. The van der Waals surface area contributed by atoms with Crippen molar-refractivity contribution in [2.24, 2.45) is 0 Å². The Bertz CT molecular complexity index is 1110. The molecule has 200 valence electrons. The molecule has 0 radical (unpaired) electrons. The lowest BCUT2D eigenvalue weighted by molar-refractivity contribution is -0.153. The van der Waals surface area contributed by atoms with Crippen molar-refractivity contribution in [1.29, 1.82) is 0 Å². The monoisotopic (exact) mass is 528 g/mol. The zero-order valence-corrected chi connectivity index (χ0v) is 22.1. The molecule has 0 N–H and O–H groups in total. The van der Waals surface area contributed by atoms with Crippen LogP contribution in [0.4, 0.5) is 18.9 Å². The third kappa shape index (κ3) is 8.44. The molecule has 3 rings (SSSR count). The van der Waals surface area contributed by atoms with Crippen molar-refractivity contribution in [3.05, 3.63) is 57.4 Å². The highest BCUT2D eigenvalue weighted by atomic mass is 28.3. The predicted octanol–water partition coefficient (Wildman–Crippen LogP) is 2.93. The Morgan fingerprint density at radius 3 is 2.33 bits per heavy atom. The first-order chi connectivity index (χ1) is 16.9. The Hall–Kier alpha value is -2.73. The van der Waals surface area contributed by atoms with Gasteiger partial charge in [0.1, 0.15) is 12.4 Å². The Kier molecular flexibility index (Phi) is 9.28. The molecule has 0 spiro atoms. The number of halogens is 3. The molecule has 2 aromatic rings. The first-order valence-corrected chi connectivity index (χ1v) is 15.9. The van der Waals surface area contributed by atoms with Crippen LogP contribution in [0.5, 0.6) is 5.75 Å². The van der Waals surface area contributed by atoms with Gasteiger partial charge in [-0.25, -0.2) is 4.79 Å². The lowest BCUT2D eigenvalue weighted by atomic mass is 10.2. The summed E-state index contributed by atoms with van der Waals surface area (Å²) in [5, 5.41) is 0. The number of rotatable bonds is 11. The van der Waals surface area contributed by atoms with Crippen LogP contribution in [0.25, 0.3) is 0 Å². The average molecular weight is 529 g/mol. The normalized spacial score (nSPS) is 15.2. The van der Waals surface area contributed by atoms with Crippen molar-refractivity contribution in [3.63, 3.8) is 0 Å². The van der Waals surface area contributed by atoms with Crippen LogP contribution >= 0.6 is 0 Å². The summed E-state index contributed by atoms with van der Waals surface area (Å²) in [6.07, 6.45) is -2.41. The number of benzene rings is 1. The van der Waals surface area contributed by atoms with Gasteiger partial charge in [0.15, 0.2) is 6.61 Å². The van der Waals surface area contributed by atoms with Gasteiger partial charge in [-0.2, -0.15) is 13.2 Å². The summed E-state index contributed by atoms with van der Waals surface area (Å²) in [6, 6.07) is 8.99. The first kappa shape index (κ1) is 27.8. The van der Waals surface area contributed by atoms with Gasteiger partial charge in [0, 0.05) is 46.9 Å². The highest BCUT2D eigenvalue weighted by molar-refractivity contribution is 6.76. The standard InChI is InChI=1S/C24H35F3N4O4Si/c1-36(2,3)18-17-35-31-12-9-22(32)30(23(31)33)11-6-10-28-13-15-29(16-14-28)20-7-4-5-8-21(20)34-19-24(25,26)27/h4-5,7-9,12H,6,10-11,13-19H2,1-3H3. The van der Waals surface area contributed by atoms with E-state index in [1.165, 1.54) is 16.8 Å². The minimum Gasteiger partial charge on any atom is -0.482 e. The Morgan fingerprint density at radius 1 is 0.972 bits per heavy atom. The van der Waals surface area contributed by atoms with E-state index in [0.29, 0.717) is 51.4 Å². The summed E-state index contributed by atoms with van der Waals surface area (Å²) < 4.78 is 45.1. The van der Waals surface area contributed by atoms with E-state index in [4.69, 9.17) is 9.57 Å². The second-order valence-electron chi connectivity index (χ2n) is 10.1. The number of hydrogen-bond acceptors (Lipinski definition) is 6. The number of piperazine rings is 1. The van der Waals surface area contributed by atoms with E-state index in [0.717, 1.165) is 10.8 Å². The molecule has 1 fully saturated rings. The summed E-state index contributed by atoms with van der Waals surface area (Å²) in [4.78, 5) is 34.8. The van der Waals surface area contributed by atoms with Crippen LogP contribution in [-0.4, -0.2) is 74.4 Å². The molecule has 0 atom stereocenters. The maximum Gasteiger partial charge on any atom is 0.422 e. The predicted molar refractivity (Wildman–Crippen MR) is 136 cm³/mol. The Balaban J connectivity index is 1.50. The molecule has 2 heterocycles. The van der Waals surface area contributed by atoms with E-state index in [9.17, 15) is 22.8 Å². The quantitative estimate of drug-likeness (QED) is 0.418. The zero-order chi connectivity index (χ0) is 26.3. The van der Waals surface area contributed by atoms with Gasteiger partial charge in [0.2, 0.25) is 0 Å². The van der Waals surface area contributed by atoms with Gasteiger partial charge in [0.05, 0.1) is 11.9 Å². The maximum absolute atomic E-state index is 12.7. The van der Waals surface area contributed by atoms with E-state index in [2.05, 4.69) is 24.5 Å². The molecular weight excluding hydrogens is 493 g/mol. The van der Waals surface area contributed by atoms with Crippen LogP contribution in [-0.2, 0) is 6.54 Å². The minimum absolute atomic E-state index is 0.218. The molecule has 0 bridgehead atoms. The van der Waals surface area contributed by atoms with Gasteiger partial charge in [-0.05, 0) is 31.1 Å². The van der Waals surface area contributed by atoms with Crippen LogP contribution in [0.2, 0.25) is 25.7 Å². The topological polar surface area (TPSA) is 68.9 Å². The number of nitrogens with zero attached hydrogens (tertiary/aromatic N) is 4. The molecule has 12 heteroatoms. The molecule has 0 saturated carbocycles. The molecule has 1 aromatic heterocycles. The molecule has 0 aliphatic carbocycles. The fourth-order valence-electron chi connectivity index (χ4n) is 3.92. The number of hydrogen-bond donors (Lipinski definition) is 0. The molecule has 1 saturated heterocycles. The van der Waals surface area contributed by atoms with Gasteiger partial charge in [-0.15, -0.1) is 4.73 Å². The molecule has 0 unspecified atom stereocenters. The average Bonchev–Trinajstić information content (AvgIpc) is 2.81. The van der Waals surface area contributed by atoms with Crippen molar-refractivity contribution in [2.45, 2.75) is 44.8 Å². The summed E-state index contributed by atoms with van der Waals surface area (Å²) in [7, 11) is -1.31. The molecule has 1 aliphatic heterocycles. The highest BCUT2D eigenvalue weighted by Gasteiger charge is 2.29. The van der Waals surface area contributed by atoms with E-state index < -0.39 is 26.5 Å². The fraction of sp³-hybridized carbons (Fsp3) is 0.583. The maximum atomic E-state index is 12.7. The van der Waals surface area contributed by atoms with Gasteiger partial charge < -0.3 is 14.5 Å². The van der Waals surface area contributed by atoms with Crippen LogP contribution in [0.1, 0.15) is 6.42 Å². The van der Waals surface area contributed by atoms with E-state index >= 15 is 0 Å². The highest BCUT2D eigenvalue weighted by Crippen LogP contribution is 2.30. The molecule has 1 aromatic carbocycles. The Morgan fingerprint density at radius 2 is 1.67 bits per heavy atom. The van der Waals surface area contributed by atoms with Crippen LogP contribution in [0.3, 0.4) is 0 Å². The summed E-state index contributed by atoms with van der Waals surface area (Å²) >= 11 is 0. The lowest BCUT2D eigenvalue weighted by Gasteiger charge is -2.36. The van der Waals surface area contributed by atoms with Crippen molar-refractivity contribution in [2.75, 3.05) is 50.8 Å². The minimum atomic E-state index is -4.39. The first-order valence-electron chi connectivity index (χ1n) is 12.1. The fourth-order valence-corrected chi connectivity index (χ4v) is 4.62.